The summed E-state index contributed by atoms with van der Waals surface area (Å²) in [7, 11) is 0. The van der Waals surface area contributed by atoms with Gasteiger partial charge in [0.05, 0.1) is 19.0 Å². The molecule has 1 fully saturated rings. The van der Waals surface area contributed by atoms with Crippen LogP contribution in [0.5, 0.6) is 0 Å². The van der Waals surface area contributed by atoms with Crippen LogP contribution in [0.3, 0.4) is 0 Å². The maximum Gasteiger partial charge on any atom is 0.133 e. The Morgan fingerprint density at radius 3 is 3.05 bits per heavy atom. The fourth-order valence-corrected chi connectivity index (χ4v) is 2.37. The van der Waals surface area contributed by atoms with Crippen molar-refractivity contribution in [3.05, 3.63) is 23.7 Å². The number of ether oxygens (including phenoxy) is 2. The van der Waals surface area contributed by atoms with Crippen LogP contribution in [-0.2, 0) is 22.6 Å². The summed E-state index contributed by atoms with van der Waals surface area (Å²) in [6.45, 7) is 8.34. The first-order chi connectivity index (χ1) is 9.75. The summed E-state index contributed by atoms with van der Waals surface area (Å²) in [6, 6.07) is 2.02. The molecule has 0 aliphatic carbocycles. The van der Waals surface area contributed by atoms with E-state index in [0.717, 1.165) is 31.9 Å². The first kappa shape index (κ1) is 15.5. The lowest BCUT2D eigenvalue weighted by Gasteiger charge is -2.22. The molecule has 114 valence electrons. The lowest BCUT2D eigenvalue weighted by Crippen LogP contribution is -2.24. The molecule has 1 saturated heterocycles. The van der Waals surface area contributed by atoms with E-state index in [0.29, 0.717) is 19.1 Å². The molecule has 1 N–H and O–H groups in total. The van der Waals surface area contributed by atoms with Crippen LogP contribution in [0.25, 0.3) is 0 Å². The Kier molecular flexibility index (Phi) is 6.57. The van der Waals surface area contributed by atoms with E-state index in [2.05, 4.69) is 19.2 Å². The molecule has 0 bridgehead atoms. The minimum Gasteiger partial charge on any atom is -0.467 e. The first-order valence-corrected chi connectivity index (χ1v) is 7.71. The van der Waals surface area contributed by atoms with Gasteiger partial charge >= 0.3 is 0 Å². The van der Waals surface area contributed by atoms with E-state index in [9.17, 15) is 0 Å². The topological polar surface area (TPSA) is 43.6 Å². The van der Waals surface area contributed by atoms with E-state index in [4.69, 9.17) is 13.9 Å². The zero-order valence-corrected chi connectivity index (χ0v) is 12.7. The van der Waals surface area contributed by atoms with E-state index < -0.39 is 0 Å². The molecule has 0 radical (unpaired) electrons. The summed E-state index contributed by atoms with van der Waals surface area (Å²) in [6.07, 6.45) is 5.55. The first-order valence-electron chi connectivity index (χ1n) is 7.71. The Hall–Kier alpha value is -0.840. The van der Waals surface area contributed by atoms with Gasteiger partial charge in [-0.1, -0.05) is 13.8 Å². The van der Waals surface area contributed by atoms with Gasteiger partial charge in [-0.25, -0.2) is 0 Å². The Balaban J connectivity index is 1.68. The molecule has 4 nitrogen and oxygen atoms in total. The molecule has 0 aromatic carbocycles. The van der Waals surface area contributed by atoms with Crippen LogP contribution in [0.4, 0.5) is 0 Å². The zero-order valence-electron chi connectivity index (χ0n) is 12.7. The van der Waals surface area contributed by atoms with E-state index in [-0.39, 0.29) is 6.10 Å². The van der Waals surface area contributed by atoms with Crippen molar-refractivity contribution in [3.8, 4) is 0 Å². The van der Waals surface area contributed by atoms with Crippen molar-refractivity contribution < 1.29 is 13.9 Å². The molecular weight excluding hydrogens is 254 g/mol. The smallest absolute Gasteiger partial charge is 0.133 e. The van der Waals surface area contributed by atoms with E-state index in [1.54, 1.807) is 6.26 Å². The fourth-order valence-electron chi connectivity index (χ4n) is 2.37. The highest BCUT2D eigenvalue weighted by molar-refractivity contribution is 5.16. The summed E-state index contributed by atoms with van der Waals surface area (Å²) in [5.41, 5.74) is 1.19. The molecule has 0 saturated carbocycles. The predicted molar refractivity (Wildman–Crippen MR) is 78.5 cm³/mol. The molecule has 1 aliphatic rings. The van der Waals surface area contributed by atoms with Crippen molar-refractivity contribution in [1.82, 2.24) is 5.32 Å². The maximum absolute atomic E-state index is 5.74. The highest BCUT2D eigenvalue weighted by Gasteiger charge is 2.14. The fraction of sp³-hybridized carbons (Fsp3) is 0.750. The second kappa shape index (κ2) is 8.45. The second-order valence-electron chi connectivity index (χ2n) is 5.90. The van der Waals surface area contributed by atoms with Crippen molar-refractivity contribution >= 4 is 0 Å². The van der Waals surface area contributed by atoms with Crippen LogP contribution in [0, 0.1) is 5.92 Å². The van der Waals surface area contributed by atoms with Crippen molar-refractivity contribution in [1.29, 1.82) is 0 Å². The number of hydrogen-bond donors (Lipinski definition) is 1. The molecule has 0 spiro atoms. The highest BCUT2D eigenvalue weighted by atomic mass is 16.5. The molecule has 2 heterocycles. The molecule has 1 aromatic rings. The van der Waals surface area contributed by atoms with Gasteiger partial charge in [-0.15, -0.1) is 0 Å². The van der Waals surface area contributed by atoms with E-state index >= 15 is 0 Å². The third-order valence-electron chi connectivity index (χ3n) is 3.52. The zero-order chi connectivity index (χ0) is 14.2. The third-order valence-corrected chi connectivity index (χ3v) is 3.52. The lowest BCUT2D eigenvalue weighted by atomic mass is 10.1. The van der Waals surface area contributed by atoms with Crippen LogP contribution in [0.2, 0.25) is 0 Å². The number of hydrogen-bond acceptors (Lipinski definition) is 4. The molecular formula is C16H27NO3. The lowest BCUT2D eigenvalue weighted by molar-refractivity contribution is -0.0473. The molecule has 2 rings (SSSR count). The summed E-state index contributed by atoms with van der Waals surface area (Å²) in [5.74, 6) is 1.59. The van der Waals surface area contributed by atoms with Crippen molar-refractivity contribution in [2.24, 2.45) is 5.92 Å². The standard InChI is InChI=1S/C16H27NO3/c1-13(2)9-17-10-14-6-8-20-16(14)12-18-11-15-5-3-4-7-19-15/h6,8,13,15,17H,3-5,7,9-12H2,1-2H3. The molecule has 20 heavy (non-hydrogen) atoms. The van der Waals surface area contributed by atoms with E-state index in [1.165, 1.54) is 18.4 Å². The average Bonchev–Trinajstić information content (AvgIpc) is 2.87. The summed E-state index contributed by atoms with van der Waals surface area (Å²) in [4.78, 5) is 0. The van der Waals surface area contributed by atoms with Gasteiger partial charge in [0.25, 0.3) is 0 Å². The van der Waals surface area contributed by atoms with Gasteiger partial charge in [-0.3, -0.25) is 0 Å². The molecule has 1 aromatic heterocycles. The van der Waals surface area contributed by atoms with Gasteiger partial charge in [0, 0.05) is 18.7 Å². The van der Waals surface area contributed by atoms with Gasteiger partial charge in [0.15, 0.2) is 0 Å². The van der Waals surface area contributed by atoms with Crippen molar-refractivity contribution in [2.75, 3.05) is 19.8 Å². The summed E-state index contributed by atoms with van der Waals surface area (Å²) >= 11 is 0. The van der Waals surface area contributed by atoms with Crippen molar-refractivity contribution in [2.45, 2.75) is 52.4 Å². The number of furan rings is 1. The molecule has 4 heteroatoms. The molecule has 1 unspecified atom stereocenters. The Labute approximate surface area is 121 Å². The van der Waals surface area contributed by atoms with Gasteiger partial charge < -0.3 is 19.2 Å². The van der Waals surface area contributed by atoms with Gasteiger partial charge in [0.1, 0.15) is 12.4 Å². The van der Waals surface area contributed by atoms with Crippen LogP contribution in [-0.4, -0.2) is 25.9 Å². The summed E-state index contributed by atoms with van der Waals surface area (Å²) < 4.78 is 16.9. The minimum absolute atomic E-state index is 0.265. The monoisotopic (exact) mass is 281 g/mol. The molecule has 0 amide bonds. The number of rotatable bonds is 8. The van der Waals surface area contributed by atoms with Crippen LogP contribution in [0.15, 0.2) is 16.7 Å². The Bertz CT molecular complexity index is 370. The van der Waals surface area contributed by atoms with Crippen molar-refractivity contribution in [3.63, 3.8) is 0 Å². The van der Waals surface area contributed by atoms with Crippen LogP contribution in [0.1, 0.15) is 44.4 Å². The van der Waals surface area contributed by atoms with Gasteiger partial charge in [0.2, 0.25) is 0 Å². The predicted octanol–water partition coefficient (Wildman–Crippen LogP) is 3.11. The molecule has 1 atom stereocenters. The number of nitrogens with one attached hydrogen (secondary N) is 1. The minimum atomic E-state index is 0.265. The highest BCUT2D eigenvalue weighted by Crippen LogP contribution is 2.15. The quantitative estimate of drug-likeness (QED) is 0.795. The maximum atomic E-state index is 5.74. The Morgan fingerprint density at radius 2 is 2.30 bits per heavy atom. The normalized spacial score (nSPS) is 19.6. The van der Waals surface area contributed by atoms with Gasteiger partial charge in [-0.05, 0) is 37.8 Å². The van der Waals surface area contributed by atoms with Crippen LogP contribution < -0.4 is 5.32 Å². The summed E-state index contributed by atoms with van der Waals surface area (Å²) in [5, 5.41) is 3.43. The molecule has 1 aliphatic heterocycles. The van der Waals surface area contributed by atoms with E-state index in [1.807, 2.05) is 6.07 Å². The Morgan fingerprint density at radius 1 is 1.40 bits per heavy atom. The second-order valence-corrected chi connectivity index (χ2v) is 5.90. The van der Waals surface area contributed by atoms with Gasteiger partial charge in [-0.2, -0.15) is 0 Å². The van der Waals surface area contributed by atoms with Crippen LogP contribution >= 0.6 is 0 Å². The SMILES string of the molecule is CC(C)CNCc1ccoc1COCC1CCCCO1. The largest absolute Gasteiger partial charge is 0.467 e. The third kappa shape index (κ3) is 5.27. The average molecular weight is 281 g/mol.